The quantitative estimate of drug-likeness (QED) is 0.522. The highest BCUT2D eigenvalue weighted by atomic mass is 32.1. The SMILES string of the molecule is Cc1ccc(-c2nc(C(=O)OC(C)C(=O)N(CCC#N)c3ccccc3)cs2)cc1. The number of aromatic nitrogens is 1. The van der Waals surface area contributed by atoms with Gasteiger partial charge in [-0.15, -0.1) is 11.3 Å². The molecule has 1 atom stereocenters. The van der Waals surface area contributed by atoms with Crippen molar-refractivity contribution >= 4 is 28.9 Å². The lowest BCUT2D eigenvalue weighted by molar-refractivity contribution is -0.126. The van der Waals surface area contributed by atoms with E-state index < -0.39 is 18.0 Å². The second-order valence-electron chi connectivity index (χ2n) is 6.68. The first kappa shape index (κ1) is 21.2. The third kappa shape index (κ3) is 5.10. The van der Waals surface area contributed by atoms with Crippen molar-refractivity contribution in [2.75, 3.05) is 11.4 Å². The largest absolute Gasteiger partial charge is 0.448 e. The summed E-state index contributed by atoms with van der Waals surface area (Å²) in [6, 6.07) is 18.9. The number of carbonyl (C=O) groups excluding carboxylic acids is 2. The van der Waals surface area contributed by atoms with Gasteiger partial charge in [-0.05, 0) is 26.0 Å². The van der Waals surface area contributed by atoms with Crippen LogP contribution in [0.3, 0.4) is 0 Å². The summed E-state index contributed by atoms with van der Waals surface area (Å²) in [5.74, 6) is -1.04. The van der Waals surface area contributed by atoms with Gasteiger partial charge in [0.2, 0.25) is 0 Å². The van der Waals surface area contributed by atoms with E-state index in [1.54, 1.807) is 29.6 Å². The molecule has 2 aromatic carbocycles. The van der Waals surface area contributed by atoms with Gasteiger partial charge in [-0.25, -0.2) is 9.78 Å². The van der Waals surface area contributed by atoms with E-state index >= 15 is 0 Å². The molecule has 3 aromatic rings. The van der Waals surface area contributed by atoms with E-state index in [2.05, 4.69) is 4.98 Å². The molecule has 152 valence electrons. The molecular weight excluding hydrogens is 398 g/mol. The second kappa shape index (κ2) is 9.81. The van der Waals surface area contributed by atoms with Gasteiger partial charge in [-0.3, -0.25) is 4.79 Å². The fraction of sp³-hybridized carbons (Fsp3) is 0.217. The normalized spacial score (nSPS) is 11.4. The van der Waals surface area contributed by atoms with Gasteiger partial charge >= 0.3 is 5.97 Å². The maximum absolute atomic E-state index is 12.9. The number of thiazole rings is 1. The first-order chi connectivity index (χ1) is 14.5. The minimum absolute atomic E-state index is 0.165. The van der Waals surface area contributed by atoms with Crippen LogP contribution in [0, 0.1) is 18.3 Å². The number of carbonyl (C=O) groups is 2. The van der Waals surface area contributed by atoms with Crippen molar-refractivity contribution in [2.24, 2.45) is 0 Å². The summed E-state index contributed by atoms with van der Waals surface area (Å²) >= 11 is 1.34. The standard InChI is InChI=1S/C23H21N3O3S/c1-16-9-11-18(12-10-16)21-25-20(15-30-21)23(28)29-17(2)22(27)26(14-6-13-24)19-7-4-3-5-8-19/h3-5,7-12,15,17H,6,14H2,1-2H3. The maximum Gasteiger partial charge on any atom is 0.358 e. The second-order valence-corrected chi connectivity index (χ2v) is 7.54. The smallest absolute Gasteiger partial charge is 0.358 e. The molecule has 0 aliphatic rings. The van der Waals surface area contributed by atoms with Crippen molar-refractivity contribution in [3.05, 3.63) is 71.2 Å². The summed E-state index contributed by atoms with van der Waals surface area (Å²) in [5, 5.41) is 11.2. The molecule has 0 aliphatic heterocycles. The zero-order valence-corrected chi connectivity index (χ0v) is 17.6. The third-order valence-electron chi connectivity index (χ3n) is 4.42. The van der Waals surface area contributed by atoms with Crippen molar-refractivity contribution in [1.29, 1.82) is 5.26 Å². The van der Waals surface area contributed by atoms with Crippen LogP contribution in [-0.2, 0) is 9.53 Å². The van der Waals surface area contributed by atoms with Gasteiger partial charge in [-0.1, -0.05) is 48.0 Å². The van der Waals surface area contributed by atoms with Gasteiger partial charge in [0.25, 0.3) is 5.91 Å². The minimum Gasteiger partial charge on any atom is -0.448 e. The van der Waals surface area contributed by atoms with E-state index in [1.807, 2.05) is 43.3 Å². The molecule has 0 spiro atoms. The Bertz CT molecular complexity index is 1060. The van der Waals surface area contributed by atoms with Crippen molar-refractivity contribution in [1.82, 2.24) is 4.98 Å². The van der Waals surface area contributed by atoms with Crippen LogP contribution >= 0.6 is 11.3 Å². The molecule has 1 heterocycles. The molecule has 0 saturated heterocycles. The topological polar surface area (TPSA) is 83.3 Å². The number of nitriles is 1. The molecular formula is C23H21N3O3S. The van der Waals surface area contributed by atoms with Crippen molar-refractivity contribution in [3.63, 3.8) is 0 Å². The van der Waals surface area contributed by atoms with Gasteiger partial charge in [0, 0.05) is 23.2 Å². The highest BCUT2D eigenvalue weighted by molar-refractivity contribution is 7.13. The van der Waals surface area contributed by atoms with Gasteiger partial charge in [0.1, 0.15) is 5.01 Å². The molecule has 0 N–H and O–H groups in total. The number of esters is 1. The fourth-order valence-electron chi connectivity index (χ4n) is 2.82. The summed E-state index contributed by atoms with van der Waals surface area (Å²) < 4.78 is 5.38. The van der Waals surface area contributed by atoms with Crippen LogP contribution in [-0.4, -0.2) is 29.5 Å². The Labute approximate surface area is 179 Å². The number of hydrogen-bond donors (Lipinski definition) is 0. The number of anilines is 1. The average molecular weight is 420 g/mol. The fourth-order valence-corrected chi connectivity index (χ4v) is 3.62. The predicted octanol–water partition coefficient (Wildman–Crippen LogP) is 4.61. The molecule has 0 aliphatic carbocycles. The molecule has 0 radical (unpaired) electrons. The summed E-state index contributed by atoms with van der Waals surface area (Å²) in [7, 11) is 0. The molecule has 6 nitrogen and oxygen atoms in total. The molecule has 0 fully saturated rings. The van der Waals surface area contributed by atoms with E-state index in [0.29, 0.717) is 10.7 Å². The van der Waals surface area contributed by atoms with Gasteiger partial charge in [-0.2, -0.15) is 5.26 Å². The van der Waals surface area contributed by atoms with E-state index in [0.717, 1.165) is 11.1 Å². The summed E-state index contributed by atoms with van der Waals surface area (Å²) in [5.41, 5.74) is 2.87. The zero-order chi connectivity index (χ0) is 21.5. The first-order valence-electron chi connectivity index (χ1n) is 9.46. The zero-order valence-electron chi connectivity index (χ0n) is 16.7. The van der Waals surface area contributed by atoms with Gasteiger partial charge < -0.3 is 9.64 Å². The number of rotatable bonds is 7. The monoisotopic (exact) mass is 419 g/mol. The maximum atomic E-state index is 12.9. The lowest BCUT2D eigenvalue weighted by Gasteiger charge is -2.24. The highest BCUT2D eigenvalue weighted by Crippen LogP contribution is 2.24. The van der Waals surface area contributed by atoms with Gasteiger partial charge in [0.15, 0.2) is 11.8 Å². The van der Waals surface area contributed by atoms with E-state index in [-0.39, 0.29) is 18.7 Å². The number of benzene rings is 2. The van der Waals surface area contributed by atoms with E-state index in [4.69, 9.17) is 10.00 Å². The Balaban J connectivity index is 1.70. The predicted molar refractivity (Wildman–Crippen MR) is 116 cm³/mol. The van der Waals surface area contributed by atoms with Crippen LogP contribution in [0.25, 0.3) is 10.6 Å². The van der Waals surface area contributed by atoms with E-state index in [9.17, 15) is 9.59 Å². The highest BCUT2D eigenvalue weighted by Gasteiger charge is 2.26. The lowest BCUT2D eigenvalue weighted by atomic mass is 10.2. The van der Waals surface area contributed by atoms with Crippen LogP contribution in [0.1, 0.15) is 29.4 Å². The van der Waals surface area contributed by atoms with E-state index in [1.165, 1.54) is 23.2 Å². The van der Waals surface area contributed by atoms with Crippen LogP contribution in [0.5, 0.6) is 0 Å². The molecule has 3 rings (SSSR count). The molecule has 7 heteroatoms. The molecule has 0 bridgehead atoms. The Hall–Kier alpha value is -3.50. The lowest BCUT2D eigenvalue weighted by Crippen LogP contribution is -2.40. The van der Waals surface area contributed by atoms with Crippen LogP contribution in [0.15, 0.2) is 60.0 Å². The Kier molecular flexibility index (Phi) is 6.94. The Morgan fingerprint density at radius 3 is 2.53 bits per heavy atom. The average Bonchev–Trinajstić information content (AvgIpc) is 3.25. The van der Waals surface area contributed by atoms with Gasteiger partial charge in [0.05, 0.1) is 12.5 Å². The third-order valence-corrected chi connectivity index (χ3v) is 5.32. The number of para-hydroxylation sites is 1. The molecule has 1 amide bonds. The van der Waals surface area contributed by atoms with Crippen LogP contribution in [0.2, 0.25) is 0 Å². The number of hydrogen-bond acceptors (Lipinski definition) is 6. The summed E-state index contributed by atoms with van der Waals surface area (Å²) in [4.78, 5) is 31.2. The number of ether oxygens (including phenoxy) is 1. The summed E-state index contributed by atoms with van der Waals surface area (Å²) in [6.45, 7) is 3.74. The molecule has 1 unspecified atom stereocenters. The molecule has 1 aromatic heterocycles. The van der Waals surface area contributed by atoms with Crippen molar-refractivity contribution < 1.29 is 14.3 Å². The number of nitrogens with zero attached hydrogens (tertiary/aromatic N) is 3. The van der Waals surface area contributed by atoms with Crippen molar-refractivity contribution in [3.8, 4) is 16.6 Å². The molecule has 0 saturated carbocycles. The molecule has 30 heavy (non-hydrogen) atoms. The number of aryl methyl sites for hydroxylation is 1. The number of amides is 1. The Morgan fingerprint density at radius 1 is 1.17 bits per heavy atom. The van der Waals surface area contributed by atoms with Crippen LogP contribution in [0.4, 0.5) is 5.69 Å². The minimum atomic E-state index is -1.01. The Morgan fingerprint density at radius 2 is 1.87 bits per heavy atom. The first-order valence-corrected chi connectivity index (χ1v) is 10.3. The van der Waals surface area contributed by atoms with Crippen molar-refractivity contribution in [2.45, 2.75) is 26.4 Å². The summed E-state index contributed by atoms with van der Waals surface area (Å²) in [6.07, 6.45) is -0.839. The van der Waals surface area contributed by atoms with Crippen LogP contribution < -0.4 is 4.90 Å².